The lowest BCUT2D eigenvalue weighted by atomic mass is 10.2. The quantitative estimate of drug-likeness (QED) is 0.857. The Morgan fingerprint density at radius 1 is 1.50 bits per heavy atom. The summed E-state index contributed by atoms with van der Waals surface area (Å²) >= 11 is 0. The fraction of sp³-hybridized carbons (Fsp3) is 0.533. The summed E-state index contributed by atoms with van der Waals surface area (Å²) < 4.78 is 12.4. The Morgan fingerprint density at radius 2 is 2.32 bits per heavy atom. The van der Waals surface area contributed by atoms with Gasteiger partial charge in [-0.25, -0.2) is 4.98 Å². The number of ether oxygens (including phenoxy) is 1. The second-order valence-corrected chi connectivity index (χ2v) is 5.51. The monoisotopic (exact) mass is 304 g/mol. The number of imidazole rings is 1. The number of hydrogen-bond acceptors (Lipinski definition) is 5. The van der Waals surface area contributed by atoms with Gasteiger partial charge in [0.25, 0.3) is 5.91 Å². The average Bonchev–Trinajstić information content (AvgIpc) is 3.12. The van der Waals surface area contributed by atoms with Crippen LogP contribution < -0.4 is 0 Å². The first-order valence-electron chi connectivity index (χ1n) is 7.39. The minimum absolute atomic E-state index is 0.0945. The van der Waals surface area contributed by atoms with Gasteiger partial charge in [-0.1, -0.05) is 5.16 Å². The second-order valence-electron chi connectivity index (χ2n) is 5.51. The number of nitrogens with zero attached hydrogens (tertiary/aromatic N) is 4. The van der Waals surface area contributed by atoms with Crippen molar-refractivity contribution in [2.45, 2.75) is 32.9 Å². The van der Waals surface area contributed by atoms with Crippen LogP contribution in [0.2, 0.25) is 0 Å². The molecule has 118 valence electrons. The van der Waals surface area contributed by atoms with Gasteiger partial charge in [-0.2, -0.15) is 0 Å². The van der Waals surface area contributed by atoms with Crippen LogP contribution in [0.1, 0.15) is 40.7 Å². The van der Waals surface area contributed by atoms with E-state index >= 15 is 0 Å². The number of methoxy groups -OCH3 is 1. The van der Waals surface area contributed by atoms with Crippen LogP contribution in [0, 0.1) is 6.92 Å². The van der Waals surface area contributed by atoms with Crippen molar-refractivity contribution >= 4 is 5.91 Å². The van der Waals surface area contributed by atoms with Crippen LogP contribution in [-0.4, -0.2) is 45.8 Å². The topological polar surface area (TPSA) is 73.4 Å². The molecule has 2 aromatic rings. The van der Waals surface area contributed by atoms with Gasteiger partial charge in [0.05, 0.1) is 18.3 Å². The first-order valence-corrected chi connectivity index (χ1v) is 7.39. The Labute approximate surface area is 128 Å². The molecule has 0 bridgehead atoms. The first kappa shape index (κ1) is 14.8. The average molecular weight is 304 g/mol. The van der Waals surface area contributed by atoms with Crippen molar-refractivity contribution in [3.63, 3.8) is 0 Å². The highest BCUT2D eigenvalue weighted by Gasteiger charge is 2.32. The van der Waals surface area contributed by atoms with Gasteiger partial charge in [0.1, 0.15) is 5.82 Å². The van der Waals surface area contributed by atoms with Crippen LogP contribution in [0.25, 0.3) is 0 Å². The second kappa shape index (κ2) is 5.92. The van der Waals surface area contributed by atoms with E-state index in [9.17, 15) is 4.79 Å². The molecule has 2 aromatic heterocycles. The molecule has 0 N–H and O–H groups in total. The molecule has 1 aliphatic rings. The normalized spacial score (nSPS) is 17.6. The highest BCUT2D eigenvalue weighted by Crippen LogP contribution is 2.27. The highest BCUT2D eigenvalue weighted by atomic mass is 16.5. The van der Waals surface area contributed by atoms with Gasteiger partial charge in [-0.05, 0) is 13.8 Å². The van der Waals surface area contributed by atoms with Crippen molar-refractivity contribution in [1.29, 1.82) is 0 Å². The molecular formula is C15H20N4O3. The predicted octanol–water partition coefficient (Wildman–Crippen LogP) is 1.59. The number of amides is 1. The summed E-state index contributed by atoms with van der Waals surface area (Å²) in [6.45, 7) is 5.81. The molecule has 3 rings (SSSR count). The SMILES string of the molecule is COCCc1cnc2n1CCN(C(=O)c1cc(C)no1)C2C. The number of hydrogen-bond donors (Lipinski definition) is 0. The number of carbonyl (C=O) groups is 1. The lowest BCUT2D eigenvalue weighted by Gasteiger charge is -2.33. The van der Waals surface area contributed by atoms with Crippen molar-refractivity contribution in [3.05, 3.63) is 35.2 Å². The summed E-state index contributed by atoms with van der Waals surface area (Å²) in [7, 11) is 1.69. The third-order valence-corrected chi connectivity index (χ3v) is 4.04. The number of rotatable bonds is 4. The van der Waals surface area contributed by atoms with Gasteiger partial charge in [0.15, 0.2) is 0 Å². The highest BCUT2D eigenvalue weighted by molar-refractivity contribution is 5.91. The van der Waals surface area contributed by atoms with Crippen LogP contribution in [0.4, 0.5) is 0 Å². The number of carbonyl (C=O) groups excluding carboxylic acids is 1. The summed E-state index contributed by atoms with van der Waals surface area (Å²) in [6, 6.07) is 1.57. The smallest absolute Gasteiger partial charge is 0.293 e. The third-order valence-electron chi connectivity index (χ3n) is 4.04. The third kappa shape index (κ3) is 2.52. The Bertz CT molecular complexity index is 676. The lowest BCUT2D eigenvalue weighted by molar-refractivity contribution is 0.0593. The molecule has 0 spiro atoms. The molecule has 0 aliphatic carbocycles. The van der Waals surface area contributed by atoms with Gasteiger partial charge >= 0.3 is 0 Å². The van der Waals surface area contributed by atoms with E-state index in [0.29, 0.717) is 18.8 Å². The van der Waals surface area contributed by atoms with Gasteiger partial charge < -0.3 is 18.7 Å². The maximum atomic E-state index is 12.5. The van der Waals surface area contributed by atoms with Gasteiger partial charge in [-0.3, -0.25) is 4.79 Å². The van der Waals surface area contributed by atoms with Crippen molar-refractivity contribution in [2.24, 2.45) is 0 Å². The van der Waals surface area contributed by atoms with Crippen LogP contribution in [0.5, 0.6) is 0 Å². The maximum Gasteiger partial charge on any atom is 0.293 e. The molecule has 7 nitrogen and oxygen atoms in total. The molecule has 0 saturated heterocycles. The summed E-state index contributed by atoms with van der Waals surface area (Å²) in [5, 5.41) is 3.78. The van der Waals surface area contributed by atoms with Crippen LogP contribution in [-0.2, 0) is 17.7 Å². The summed E-state index contributed by atoms with van der Waals surface area (Å²) in [4.78, 5) is 18.8. The molecule has 0 aromatic carbocycles. The molecular weight excluding hydrogens is 284 g/mol. The van der Waals surface area contributed by atoms with E-state index < -0.39 is 0 Å². The first-order chi connectivity index (χ1) is 10.6. The lowest BCUT2D eigenvalue weighted by Crippen LogP contribution is -2.41. The number of fused-ring (bicyclic) bond motifs is 1. The van der Waals surface area contributed by atoms with Crippen molar-refractivity contribution in [2.75, 3.05) is 20.3 Å². The Kier molecular flexibility index (Phi) is 3.98. The molecule has 0 fully saturated rings. The molecule has 22 heavy (non-hydrogen) atoms. The fourth-order valence-electron chi connectivity index (χ4n) is 2.85. The molecule has 1 unspecified atom stereocenters. The minimum atomic E-state index is -0.138. The van der Waals surface area contributed by atoms with Crippen molar-refractivity contribution < 1.29 is 14.1 Å². The number of aromatic nitrogens is 3. The predicted molar refractivity (Wildman–Crippen MR) is 78.5 cm³/mol. The molecule has 0 radical (unpaired) electrons. The van der Waals surface area contributed by atoms with Gasteiger partial charge in [-0.15, -0.1) is 0 Å². The zero-order valence-electron chi connectivity index (χ0n) is 13.1. The molecule has 1 aliphatic heterocycles. The Balaban J connectivity index is 1.81. The van der Waals surface area contributed by atoms with Crippen molar-refractivity contribution in [3.8, 4) is 0 Å². The summed E-state index contributed by atoms with van der Waals surface area (Å²) in [6.07, 6.45) is 2.70. The van der Waals surface area contributed by atoms with E-state index in [1.165, 1.54) is 0 Å². The molecule has 1 atom stereocenters. The number of aryl methyl sites for hydroxylation is 1. The van der Waals surface area contributed by atoms with Crippen molar-refractivity contribution in [1.82, 2.24) is 19.6 Å². The van der Waals surface area contributed by atoms with E-state index in [4.69, 9.17) is 9.26 Å². The van der Waals surface area contributed by atoms with Crippen LogP contribution in [0.3, 0.4) is 0 Å². The largest absolute Gasteiger partial charge is 0.384 e. The van der Waals surface area contributed by atoms with E-state index in [1.807, 2.05) is 13.1 Å². The standard InChI is InChI=1S/C15H20N4O3/c1-10-8-13(22-17-10)15(20)18-5-6-19-12(4-7-21-3)9-16-14(19)11(18)2/h8-9,11H,4-7H2,1-3H3. The van der Waals surface area contributed by atoms with Gasteiger partial charge in [0.2, 0.25) is 5.76 Å². The fourth-order valence-corrected chi connectivity index (χ4v) is 2.85. The zero-order valence-corrected chi connectivity index (χ0v) is 13.1. The summed E-state index contributed by atoms with van der Waals surface area (Å²) in [5.74, 6) is 1.05. The van der Waals surface area contributed by atoms with Gasteiger partial charge in [0, 0.05) is 44.6 Å². The van der Waals surface area contributed by atoms with Crippen LogP contribution in [0.15, 0.2) is 16.8 Å². The molecule has 1 amide bonds. The van der Waals surface area contributed by atoms with E-state index in [1.54, 1.807) is 25.0 Å². The molecule has 0 saturated carbocycles. The molecule has 7 heteroatoms. The van der Waals surface area contributed by atoms with Crippen LogP contribution >= 0.6 is 0 Å². The van der Waals surface area contributed by atoms with E-state index in [2.05, 4.69) is 14.7 Å². The minimum Gasteiger partial charge on any atom is -0.384 e. The zero-order chi connectivity index (χ0) is 15.7. The molecule has 3 heterocycles. The van der Waals surface area contributed by atoms with E-state index in [0.717, 1.165) is 24.5 Å². The maximum absolute atomic E-state index is 12.5. The Hall–Kier alpha value is -2.15. The van der Waals surface area contributed by atoms with E-state index in [-0.39, 0.29) is 17.7 Å². The summed E-state index contributed by atoms with van der Waals surface area (Å²) in [5.41, 5.74) is 1.85. The Morgan fingerprint density at radius 3 is 3.00 bits per heavy atom.